The molecule has 1 aromatic heterocycles. The fourth-order valence-corrected chi connectivity index (χ4v) is 4.35. The summed E-state index contributed by atoms with van der Waals surface area (Å²) in [5, 5.41) is 4.53. The van der Waals surface area contributed by atoms with Gasteiger partial charge >= 0.3 is 0 Å². The molecule has 2 saturated heterocycles. The van der Waals surface area contributed by atoms with Gasteiger partial charge in [0, 0.05) is 31.1 Å². The predicted octanol–water partition coefficient (Wildman–Crippen LogP) is 3.14. The summed E-state index contributed by atoms with van der Waals surface area (Å²) in [6, 6.07) is 6.06. The van der Waals surface area contributed by atoms with Crippen molar-refractivity contribution < 1.29 is 18.7 Å². The standard InChI is InChI=1S/C20H26N4O4S/c1-26-14-7-8-17(27-2)15(11-14)16-5-3-10-23(16)13-24-20(29)28-18(21-24)12-22-9-4-6-19(22)25/h7-8,11,16H,3-6,9-10,12-13H2,1-2H3/t16-/m0/s1. The Morgan fingerprint density at radius 3 is 2.83 bits per heavy atom. The first kappa shape index (κ1) is 19.9. The molecule has 1 amide bonds. The van der Waals surface area contributed by atoms with Crippen LogP contribution in [0.25, 0.3) is 0 Å². The average Bonchev–Trinajstić information content (AvgIpc) is 3.43. The van der Waals surface area contributed by atoms with Gasteiger partial charge in [-0.15, -0.1) is 5.10 Å². The van der Waals surface area contributed by atoms with Crippen molar-refractivity contribution >= 4 is 18.1 Å². The van der Waals surface area contributed by atoms with Gasteiger partial charge in [-0.1, -0.05) is 0 Å². The van der Waals surface area contributed by atoms with Gasteiger partial charge in [-0.05, 0) is 49.7 Å². The number of likely N-dealkylation sites (tertiary alicyclic amines) is 2. The van der Waals surface area contributed by atoms with E-state index in [4.69, 9.17) is 26.1 Å². The van der Waals surface area contributed by atoms with Crippen LogP contribution >= 0.6 is 12.2 Å². The summed E-state index contributed by atoms with van der Waals surface area (Å²) >= 11 is 5.38. The number of hydrogen-bond acceptors (Lipinski definition) is 7. The van der Waals surface area contributed by atoms with E-state index in [1.165, 1.54) is 0 Å². The zero-order valence-corrected chi connectivity index (χ0v) is 17.6. The highest BCUT2D eigenvalue weighted by Gasteiger charge is 2.30. The van der Waals surface area contributed by atoms with Gasteiger partial charge in [0.15, 0.2) is 0 Å². The molecule has 0 saturated carbocycles. The highest BCUT2D eigenvalue weighted by atomic mass is 32.1. The Kier molecular flexibility index (Phi) is 5.86. The number of carbonyl (C=O) groups is 1. The third-order valence-corrected chi connectivity index (χ3v) is 5.91. The molecule has 0 N–H and O–H groups in total. The normalized spacial score (nSPS) is 19.9. The quantitative estimate of drug-likeness (QED) is 0.640. The second-order valence-corrected chi connectivity index (χ2v) is 7.75. The van der Waals surface area contributed by atoms with Crippen molar-refractivity contribution in [2.45, 2.75) is 44.9 Å². The van der Waals surface area contributed by atoms with Crippen molar-refractivity contribution in [3.63, 3.8) is 0 Å². The lowest BCUT2D eigenvalue weighted by Gasteiger charge is -2.26. The first-order valence-electron chi connectivity index (χ1n) is 9.89. The van der Waals surface area contributed by atoms with Crippen molar-refractivity contribution in [1.29, 1.82) is 0 Å². The molecule has 29 heavy (non-hydrogen) atoms. The van der Waals surface area contributed by atoms with Crippen molar-refractivity contribution in [2.75, 3.05) is 27.3 Å². The smallest absolute Gasteiger partial charge is 0.288 e. The summed E-state index contributed by atoms with van der Waals surface area (Å²) in [6.07, 6.45) is 3.58. The molecule has 0 unspecified atom stereocenters. The molecule has 0 radical (unpaired) electrons. The van der Waals surface area contributed by atoms with Crippen molar-refractivity contribution in [1.82, 2.24) is 19.6 Å². The molecule has 2 aliphatic rings. The second kappa shape index (κ2) is 8.54. The van der Waals surface area contributed by atoms with E-state index in [9.17, 15) is 4.79 Å². The maximum absolute atomic E-state index is 11.9. The number of rotatable bonds is 7. The molecule has 0 bridgehead atoms. The number of amides is 1. The van der Waals surface area contributed by atoms with E-state index in [0.717, 1.165) is 49.4 Å². The van der Waals surface area contributed by atoms with Crippen molar-refractivity contribution in [3.8, 4) is 11.5 Å². The summed E-state index contributed by atoms with van der Waals surface area (Å²) in [7, 11) is 3.35. The number of ether oxygens (including phenoxy) is 2. The summed E-state index contributed by atoms with van der Waals surface area (Å²) in [5.41, 5.74) is 1.10. The molecule has 156 valence electrons. The van der Waals surface area contributed by atoms with E-state index in [0.29, 0.717) is 30.4 Å². The minimum absolute atomic E-state index is 0.144. The average molecular weight is 419 g/mol. The van der Waals surface area contributed by atoms with Gasteiger partial charge in [0.05, 0.1) is 27.4 Å². The summed E-state index contributed by atoms with van der Waals surface area (Å²) in [6.45, 7) is 2.58. The van der Waals surface area contributed by atoms with Crippen LogP contribution in [0.2, 0.25) is 0 Å². The Balaban J connectivity index is 1.52. The lowest BCUT2D eigenvalue weighted by Crippen LogP contribution is -2.27. The van der Waals surface area contributed by atoms with Crippen LogP contribution in [0.15, 0.2) is 22.6 Å². The monoisotopic (exact) mass is 418 g/mol. The number of nitrogens with zero attached hydrogens (tertiary/aromatic N) is 4. The lowest BCUT2D eigenvalue weighted by atomic mass is 10.0. The van der Waals surface area contributed by atoms with E-state index in [1.807, 2.05) is 18.2 Å². The molecular formula is C20H26N4O4S. The van der Waals surface area contributed by atoms with E-state index >= 15 is 0 Å². The Morgan fingerprint density at radius 2 is 2.10 bits per heavy atom. The third-order valence-electron chi connectivity index (χ3n) is 5.62. The number of aromatic nitrogens is 2. The number of methoxy groups -OCH3 is 2. The van der Waals surface area contributed by atoms with Crippen LogP contribution in [-0.2, 0) is 18.0 Å². The molecular weight excluding hydrogens is 392 g/mol. The highest BCUT2D eigenvalue weighted by molar-refractivity contribution is 7.71. The van der Waals surface area contributed by atoms with Crippen LogP contribution in [-0.4, -0.2) is 52.8 Å². The molecule has 2 aromatic rings. The van der Waals surface area contributed by atoms with Crippen molar-refractivity contribution in [3.05, 3.63) is 34.5 Å². The number of hydrogen-bond donors (Lipinski definition) is 0. The van der Waals surface area contributed by atoms with Gasteiger partial charge in [-0.2, -0.15) is 0 Å². The molecule has 3 heterocycles. The van der Waals surface area contributed by atoms with Gasteiger partial charge in [0.1, 0.15) is 11.5 Å². The molecule has 9 heteroatoms. The Hall–Kier alpha value is -2.39. The van der Waals surface area contributed by atoms with Gasteiger partial charge in [0.2, 0.25) is 11.8 Å². The van der Waals surface area contributed by atoms with Crippen LogP contribution in [0.4, 0.5) is 0 Å². The number of benzene rings is 1. The van der Waals surface area contributed by atoms with Gasteiger partial charge < -0.3 is 18.8 Å². The van der Waals surface area contributed by atoms with Crippen molar-refractivity contribution in [2.24, 2.45) is 0 Å². The summed E-state index contributed by atoms with van der Waals surface area (Å²) in [4.78, 5) is 16.3. The minimum Gasteiger partial charge on any atom is -0.497 e. The highest BCUT2D eigenvalue weighted by Crippen LogP contribution is 2.39. The molecule has 1 aromatic carbocycles. The molecule has 8 nitrogen and oxygen atoms in total. The molecule has 2 fully saturated rings. The van der Waals surface area contributed by atoms with E-state index in [2.05, 4.69) is 10.00 Å². The zero-order valence-electron chi connectivity index (χ0n) is 16.8. The van der Waals surface area contributed by atoms with E-state index in [-0.39, 0.29) is 11.9 Å². The molecule has 4 rings (SSSR count). The largest absolute Gasteiger partial charge is 0.497 e. The molecule has 0 spiro atoms. The third kappa shape index (κ3) is 4.16. The first-order chi connectivity index (χ1) is 14.1. The Bertz CT molecular complexity index is 941. The molecule has 2 aliphatic heterocycles. The maximum Gasteiger partial charge on any atom is 0.288 e. The summed E-state index contributed by atoms with van der Waals surface area (Å²) < 4.78 is 18.4. The van der Waals surface area contributed by atoms with Crippen LogP contribution in [0.3, 0.4) is 0 Å². The first-order valence-corrected chi connectivity index (χ1v) is 10.3. The Labute approximate surface area is 175 Å². The molecule has 0 aliphatic carbocycles. The fraction of sp³-hybridized carbons (Fsp3) is 0.550. The SMILES string of the molecule is COc1ccc(OC)c([C@@H]2CCCN2Cn2nc(CN3CCCC3=O)oc2=S)c1. The fourth-order valence-electron chi connectivity index (χ4n) is 4.16. The zero-order chi connectivity index (χ0) is 20.4. The topological polar surface area (TPSA) is 73.0 Å². The lowest BCUT2D eigenvalue weighted by molar-refractivity contribution is -0.128. The van der Waals surface area contributed by atoms with Crippen LogP contribution in [0.1, 0.15) is 43.2 Å². The second-order valence-electron chi connectivity index (χ2n) is 7.40. The van der Waals surface area contributed by atoms with E-state index in [1.54, 1.807) is 23.8 Å². The van der Waals surface area contributed by atoms with Crippen LogP contribution in [0, 0.1) is 4.84 Å². The van der Waals surface area contributed by atoms with Crippen LogP contribution in [0.5, 0.6) is 11.5 Å². The predicted molar refractivity (Wildman–Crippen MR) is 108 cm³/mol. The number of carbonyl (C=O) groups excluding carboxylic acids is 1. The summed E-state index contributed by atoms with van der Waals surface area (Å²) in [5.74, 6) is 2.29. The minimum atomic E-state index is 0.144. The van der Waals surface area contributed by atoms with E-state index < -0.39 is 0 Å². The van der Waals surface area contributed by atoms with Crippen LogP contribution < -0.4 is 9.47 Å². The molecule has 1 atom stereocenters. The Morgan fingerprint density at radius 1 is 1.24 bits per heavy atom. The van der Waals surface area contributed by atoms with Gasteiger partial charge in [-0.25, -0.2) is 4.68 Å². The maximum atomic E-state index is 11.9. The van der Waals surface area contributed by atoms with Gasteiger partial charge in [-0.3, -0.25) is 9.69 Å². The van der Waals surface area contributed by atoms with Gasteiger partial charge in [0.25, 0.3) is 4.84 Å².